The van der Waals surface area contributed by atoms with E-state index in [9.17, 15) is 8.42 Å². The molecule has 154 valence electrons. The summed E-state index contributed by atoms with van der Waals surface area (Å²) in [6.07, 6.45) is 3.44. The Bertz CT molecular complexity index is 724. The summed E-state index contributed by atoms with van der Waals surface area (Å²) in [5, 5.41) is 7.20. The van der Waals surface area contributed by atoms with Crippen molar-refractivity contribution in [1.29, 1.82) is 0 Å². The Kier molecular flexibility index (Phi) is 10.4. The Morgan fingerprint density at radius 3 is 2.63 bits per heavy atom. The van der Waals surface area contributed by atoms with Crippen molar-refractivity contribution in [3.8, 4) is 0 Å². The summed E-state index contributed by atoms with van der Waals surface area (Å²) in [5.74, 6) is 0.788. The van der Waals surface area contributed by atoms with E-state index >= 15 is 0 Å². The number of guanidine groups is 1. The summed E-state index contributed by atoms with van der Waals surface area (Å²) in [4.78, 5) is 4.71. The van der Waals surface area contributed by atoms with Gasteiger partial charge in [0, 0.05) is 29.8 Å². The highest BCUT2D eigenvalue weighted by Gasteiger charge is 2.44. The molecule has 6 nitrogen and oxygen atoms in total. The Labute approximate surface area is 184 Å². The van der Waals surface area contributed by atoms with E-state index in [0.29, 0.717) is 19.7 Å². The number of benzene rings is 1. The lowest BCUT2D eigenvalue weighted by atomic mass is 9.96. The van der Waals surface area contributed by atoms with E-state index in [4.69, 9.17) is 21.3 Å². The average molecular weight is 530 g/mol. The summed E-state index contributed by atoms with van der Waals surface area (Å²) < 4.78 is 27.4. The first kappa shape index (κ1) is 24.5. The first-order valence-electron chi connectivity index (χ1n) is 8.88. The van der Waals surface area contributed by atoms with Crippen molar-refractivity contribution in [3.05, 3.63) is 34.9 Å². The standard InChI is InChI=1S/C18H28ClN3O3S.HI/c1-3-20-17(21-9-10-25-11-12-26(2,23)24)22-14-18(7-8-18)15-5-4-6-16(19)13-15;/h4-6,13H,3,7-12,14H2,1-2H3,(H2,20,21,22);1H. The fraction of sp³-hybridized carbons (Fsp3) is 0.611. The highest BCUT2D eigenvalue weighted by Crippen LogP contribution is 2.48. The highest BCUT2D eigenvalue weighted by molar-refractivity contribution is 14.0. The first-order chi connectivity index (χ1) is 12.3. The number of ether oxygens (including phenoxy) is 1. The van der Waals surface area contributed by atoms with Crippen LogP contribution in [0.5, 0.6) is 0 Å². The molecule has 1 aromatic carbocycles. The molecule has 0 heterocycles. The fourth-order valence-electron chi connectivity index (χ4n) is 2.63. The van der Waals surface area contributed by atoms with Gasteiger partial charge >= 0.3 is 0 Å². The van der Waals surface area contributed by atoms with Crippen molar-refractivity contribution in [2.24, 2.45) is 4.99 Å². The van der Waals surface area contributed by atoms with Gasteiger partial charge in [0.25, 0.3) is 0 Å². The maximum absolute atomic E-state index is 11.0. The fourth-order valence-corrected chi connectivity index (χ4v) is 3.24. The molecule has 2 N–H and O–H groups in total. The van der Waals surface area contributed by atoms with Gasteiger partial charge in [-0.05, 0) is 37.5 Å². The third-order valence-electron chi connectivity index (χ3n) is 4.31. The molecule has 0 aliphatic heterocycles. The third-order valence-corrected chi connectivity index (χ3v) is 5.46. The number of sulfone groups is 1. The maximum atomic E-state index is 11.0. The van der Waals surface area contributed by atoms with Gasteiger partial charge in [0.1, 0.15) is 9.84 Å². The van der Waals surface area contributed by atoms with Crippen LogP contribution >= 0.6 is 35.6 Å². The Hall–Kier alpha value is -0.580. The van der Waals surface area contributed by atoms with Crippen molar-refractivity contribution >= 4 is 51.4 Å². The average Bonchev–Trinajstić information content (AvgIpc) is 3.36. The van der Waals surface area contributed by atoms with E-state index in [1.807, 2.05) is 25.1 Å². The van der Waals surface area contributed by atoms with Crippen LogP contribution < -0.4 is 10.6 Å². The zero-order valence-corrected chi connectivity index (χ0v) is 19.7. The predicted octanol–water partition coefficient (Wildman–Crippen LogP) is 2.61. The van der Waals surface area contributed by atoms with E-state index in [0.717, 1.165) is 30.4 Å². The minimum absolute atomic E-state index is 0. The second kappa shape index (κ2) is 11.4. The van der Waals surface area contributed by atoms with Gasteiger partial charge in [-0.1, -0.05) is 23.7 Å². The summed E-state index contributed by atoms with van der Waals surface area (Å²) in [6, 6.07) is 8.02. The van der Waals surface area contributed by atoms with E-state index < -0.39 is 9.84 Å². The molecule has 0 aromatic heterocycles. The van der Waals surface area contributed by atoms with Crippen LogP contribution in [0.4, 0.5) is 0 Å². The van der Waals surface area contributed by atoms with Crippen molar-refractivity contribution in [3.63, 3.8) is 0 Å². The van der Waals surface area contributed by atoms with E-state index in [1.165, 1.54) is 11.8 Å². The molecule has 0 spiro atoms. The maximum Gasteiger partial charge on any atom is 0.191 e. The zero-order valence-electron chi connectivity index (χ0n) is 15.8. The number of aliphatic imine (C=N–C) groups is 1. The van der Waals surface area contributed by atoms with E-state index in [2.05, 4.69) is 16.7 Å². The van der Waals surface area contributed by atoms with Crippen molar-refractivity contribution in [1.82, 2.24) is 10.6 Å². The highest BCUT2D eigenvalue weighted by atomic mass is 127. The van der Waals surface area contributed by atoms with Gasteiger partial charge in [-0.2, -0.15) is 0 Å². The quantitative estimate of drug-likeness (QED) is 0.211. The van der Waals surface area contributed by atoms with E-state index in [1.54, 1.807) is 0 Å². The van der Waals surface area contributed by atoms with Gasteiger partial charge in [0.15, 0.2) is 5.96 Å². The van der Waals surface area contributed by atoms with Crippen molar-refractivity contribution < 1.29 is 13.2 Å². The van der Waals surface area contributed by atoms with Gasteiger partial charge < -0.3 is 15.4 Å². The number of hydrogen-bond acceptors (Lipinski definition) is 4. The summed E-state index contributed by atoms with van der Waals surface area (Å²) in [6.45, 7) is 4.71. The molecule has 1 aliphatic carbocycles. The zero-order chi connectivity index (χ0) is 19.0. The summed E-state index contributed by atoms with van der Waals surface area (Å²) in [7, 11) is -2.97. The van der Waals surface area contributed by atoms with E-state index in [-0.39, 0.29) is 41.8 Å². The van der Waals surface area contributed by atoms with Crippen LogP contribution in [-0.4, -0.2) is 59.2 Å². The molecular formula is C18H29ClIN3O3S. The number of rotatable bonds is 10. The number of hydrogen-bond donors (Lipinski definition) is 2. The molecule has 1 aromatic rings. The van der Waals surface area contributed by atoms with Crippen LogP contribution in [0, 0.1) is 0 Å². The smallest absolute Gasteiger partial charge is 0.191 e. The molecule has 27 heavy (non-hydrogen) atoms. The largest absolute Gasteiger partial charge is 0.379 e. The second-order valence-electron chi connectivity index (χ2n) is 6.65. The van der Waals surface area contributed by atoms with Gasteiger partial charge in [0.2, 0.25) is 0 Å². The van der Waals surface area contributed by atoms with Crippen LogP contribution in [0.15, 0.2) is 29.3 Å². The van der Waals surface area contributed by atoms with Crippen molar-refractivity contribution in [2.75, 3.05) is 44.9 Å². The predicted molar refractivity (Wildman–Crippen MR) is 122 cm³/mol. The number of nitrogens with one attached hydrogen (secondary N) is 2. The molecule has 0 atom stereocenters. The van der Waals surface area contributed by atoms with Crippen LogP contribution in [0.25, 0.3) is 0 Å². The molecular weight excluding hydrogens is 501 g/mol. The van der Waals surface area contributed by atoms with Crippen LogP contribution in [0.2, 0.25) is 5.02 Å². The molecule has 0 unspecified atom stereocenters. The molecule has 0 amide bonds. The minimum Gasteiger partial charge on any atom is -0.379 e. The molecule has 0 bridgehead atoms. The summed E-state index contributed by atoms with van der Waals surface area (Å²) >= 11 is 6.12. The Morgan fingerprint density at radius 1 is 1.30 bits per heavy atom. The molecule has 0 radical (unpaired) electrons. The van der Waals surface area contributed by atoms with Gasteiger partial charge in [0.05, 0.1) is 25.5 Å². The molecule has 1 saturated carbocycles. The molecule has 9 heteroatoms. The van der Waals surface area contributed by atoms with Crippen molar-refractivity contribution in [2.45, 2.75) is 25.2 Å². The second-order valence-corrected chi connectivity index (χ2v) is 9.35. The Morgan fingerprint density at radius 2 is 2.04 bits per heavy atom. The SMILES string of the molecule is CCNC(=NCC1(c2cccc(Cl)c2)CC1)NCCOCCS(C)(=O)=O.I. The molecule has 1 aliphatic rings. The number of nitrogens with zero attached hydrogens (tertiary/aromatic N) is 1. The van der Waals surface area contributed by atoms with Gasteiger partial charge in [-0.25, -0.2) is 8.42 Å². The lowest BCUT2D eigenvalue weighted by Crippen LogP contribution is -2.39. The van der Waals surface area contributed by atoms with Crippen LogP contribution in [0.1, 0.15) is 25.3 Å². The molecule has 1 fully saturated rings. The minimum atomic E-state index is -2.97. The molecule has 2 rings (SSSR count). The van der Waals surface area contributed by atoms with Crippen LogP contribution in [0.3, 0.4) is 0 Å². The van der Waals surface area contributed by atoms with Gasteiger partial charge in [-0.3, -0.25) is 4.99 Å². The third kappa shape index (κ3) is 8.97. The first-order valence-corrected chi connectivity index (χ1v) is 11.3. The lowest BCUT2D eigenvalue weighted by molar-refractivity contribution is 0.154. The molecule has 0 saturated heterocycles. The number of halogens is 2. The monoisotopic (exact) mass is 529 g/mol. The van der Waals surface area contributed by atoms with Gasteiger partial charge in [-0.15, -0.1) is 24.0 Å². The summed E-state index contributed by atoms with van der Waals surface area (Å²) in [5.41, 5.74) is 1.34. The topological polar surface area (TPSA) is 79.8 Å². The normalized spacial score (nSPS) is 15.7. The lowest BCUT2D eigenvalue weighted by Gasteiger charge is -2.16. The Balaban J connectivity index is 0.00000364. The van der Waals surface area contributed by atoms with Crippen LogP contribution in [-0.2, 0) is 20.0 Å².